The van der Waals surface area contributed by atoms with E-state index in [2.05, 4.69) is 40.2 Å². The second-order valence-corrected chi connectivity index (χ2v) is 6.75. The van der Waals surface area contributed by atoms with E-state index in [1.807, 2.05) is 31.2 Å². The molecule has 104 valence electrons. The summed E-state index contributed by atoms with van der Waals surface area (Å²) in [6.45, 7) is 1.85. The molecule has 1 aliphatic carbocycles. The lowest BCUT2D eigenvalue weighted by molar-refractivity contribution is 0.102. The molecule has 0 amide bonds. The lowest BCUT2D eigenvalue weighted by Crippen LogP contribution is -2.22. The van der Waals surface area contributed by atoms with Crippen LogP contribution in [0, 0.1) is 0 Å². The van der Waals surface area contributed by atoms with Gasteiger partial charge in [-0.3, -0.25) is 0 Å². The van der Waals surface area contributed by atoms with Gasteiger partial charge in [-0.2, -0.15) is 0 Å². The molecule has 20 heavy (non-hydrogen) atoms. The van der Waals surface area contributed by atoms with Crippen LogP contribution < -0.4 is 0 Å². The molecule has 1 fully saturated rings. The summed E-state index contributed by atoms with van der Waals surface area (Å²) in [6, 6.07) is 16.3. The zero-order valence-electron chi connectivity index (χ0n) is 11.6. The summed E-state index contributed by atoms with van der Waals surface area (Å²) in [4.78, 5) is 0. The van der Waals surface area contributed by atoms with Crippen molar-refractivity contribution in [1.82, 2.24) is 0 Å². The Hall–Kier alpha value is -1.12. The Balaban J connectivity index is 1.90. The van der Waals surface area contributed by atoms with Crippen molar-refractivity contribution in [2.75, 3.05) is 0 Å². The highest BCUT2D eigenvalue weighted by molar-refractivity contribution is 9.10. The molecule has 0 heterocycles. The number of hydrogen-bond donors (Lipinski definition) is 1. The van der Waals surface area contributed by atoms with E-state index in [1.54, 1.807) is 0 Å². The fourth-order valence-corrected chi connectivity index (χ4v) is 3.18. The normalized spacial score (nSPS) is 18.4. The van der Waals surface area contributed by atoms with Crippen molar-refractivity contribution in [3.05, 3.63) is 69.7 Å². The van der Waals surface area contributed by atoms with E-state index in [1.165, 1.54) is 24.8 Å². The Kier molecular flexibility index (Phi) is 3.70. The highest BCUT2D eigenvalue weighted by Crippen LogP contribution is 2.37. The predicted molar refractivity (Wildman–Crippen MR) is 85.8 cm³/mol. The van der Waals surface area contributed by atoms with Crippen molar-refractivity contribution in [3.8, 4) is 0 Å². The van der Waals surface area contributed by atoms with Gasteiger partial charge in [0.2, 0.25) is 0 Å². The summed E-state index contributed by atoms with van der Waals surface area (Å²) in [5.74, 6) is 0.736. The zero-order valence-corrected chi connectivity index (χ0v) is 13.2. The van der Waals surface area contributed by atoms with Crippen molar-refractivity contribution in [2.45, 2.75) is 37.7 Å². The highest BCUT2D eigenvalue weighted by atomic mass is 79.9. The third-order valence-electron chi connectivity index (χ3n) is 4.44. The smallest absolute Gasteiger partial charge is 0.112 e. The maximum absolute atomic E-state index is 10.9. The molecule has 1 aliphatic rings. The van der Waals surface area contributed by atoms with Gasteiger partial charge in [0, 0.05) is 4.47 Å². The number of benzene rings is 2. The SMILES string of the molecule is CC(O)(c1ccc(C2CCC2)cc1)c1cccc(Br)c1. The average Bonchev–Trinajstić information content (AvgIpc) is 2.37. The van der Waals surface area contributed by atoms with Crippen LogP contribution in [0.4, 0.5) is 0 Å². The lowest BCUT2D eigenvalue weighted by atomic mass is 9.79. The highest BCUT2D eigenvalue weighted by Gasteiger charge is 2.26. The Bertz CT molecular complexity index is 597. The molecule has 0 saturated heterocycles. The van der Waals surface area contributed by atoms with Crippen LogP contribution >= 0.6 is 15.9 Å². The van der Waals surface area contributed by atoms with E-state index < -0.39 is 5.60 Å². The van der Waals surface area contributed by atoms with Crippen molar-refractivity contribution in [2.24, 2.45) is 0 Å². The van der Waals surface area contributed by atoms with E-state index in [0.29, 0.717) is 0 Å². The predicted octanol–water partition coefficient (Wildman–Crippen LogP) is 4.97. The Morgan fingerprint density at radius 2 is 1.75 bits per heavy atom. The number of hydrogen-bond acceptors (Lipinski definition) is 1. The van der Waals surface area contributed by atoms with E-state index in [-0.39, 0.29) is 0 Å². The Labute approximate surface area is 128 Å². The van der Waals surface area contributed by atoms with Gasteiger partial charge in [-0.15, -0.1) is 0 Å². The first-order valence-electron chi connectivity index (χ1n) is 7.16. The van der Waals surface area contributed by atoms with Gasteiger partial charge < -0.3 is 5.11 Å². The van der Waals surface area contributed by atoms with E-state index in [0.717, 1.165) is 21.5 Å². The summed E-state index contributed by atoms with van der Waals surface area (Å²) >= 11 is 3.46. The Morgan fingerprint density at radius 3 is 2.30 bits per heavy atom. The molecule has 0 aromatic heterocycles. The van der Waals surface area contributed by atoms with E-state index in [4.69, 9.17) is 0 Å². The first kappa shape index (κ1) is 13.8. The molecule has 2 aromatic carbocycles. The fourth-order valence-electron chi connectivity index (χ4n) is 2.78. The zero-order chi connectivity index (χ0) is 14.2. The third-order valence-corrected chi connectivity index (χ3v) is 4.93. The molecular weight excluding hydrogens is 312 g/mol. The summed E-state index contributed by atoms with van der Waals surface area (Å²) in [6.07, 6.45) is 3.96. The van der Waals surface area contributed by atoms with Crippen LogP contribution in [0.15, 0.2) is 53.0 Å². The van der Waals surface area contributed by atoms with Crippen LogP contribution in [0.1, 0.15) is 48.8 Å². The van der Waals surface area contributed by atoms with Crippen molar-refractivity contribution in [3.63, 3.8) is 0 Å². The number of aliphatic hydroxyl groups is 1. The van der Waals surface area contributed by atoms with Gasteiger partial charge >= 0.3 is 0 Å². The quantitative estimate of drug-likeness (QED) is 0.842. The van der Waals surface area contributed by atoms with Gasteiger partial charge in [0.15, 0.2) is 0 Å². The molecule has 1 saturated carbocycles. The molecule has 0 bridgehead atoms. The fraction of sp³-hybridized carbons (Fsp3) is 0.333. The van der Waals surface area contributed by atoms with Gasteiger partial charge in [-0.25, -0.2) is 0 Å². The number of halogens is 1. The minimum absolute atomic E-state index is 0.736. The van der Waals surface area contributed by atoms with Crippen molar-refractivity contribution >= 4 is 15.9 Å². The summed E-state index contributed by atoms with van der Waals surface area (Å²) < 4.78 is 0.987. The van der Waals surface area contributed by atoms with Gasteiger partial charge in [0.1, 0.15) is 5.60 Å². The second kappa shape index (κ2) is 5.34. The molecule has 1 nitrogen and oxygen atoms in total. The van der Waals surface area contributed by atoms with Crippen LogP contribution in [0.25, 0.3) is 0 Å². The van der Waals surface area contributed by atoms with Crippen LogP contribution in [-0.2, 0) is 5.60 Å². The monoisotopic (exact) mass is 330 g/mol. The van der Waals surface area contributed by atoms with Crippen molar-refractivity contribution < 1.29 is 5.11 Å². The first-order chi connectivity index (χ1) is 9.57. The molecular formula is C18H19BrO. The van der Waals surface area contributed by atoms with Crippen LogP contribution in [0.5, 0.6) is 0 Å². The van der Waals surface area contributed by atoms with Gasteiger partial charge in [0.05, 0.1) is 0 Å². The summed E-state index contributed by atoms with van der Waals surface area (Å²) in [7, 11) is 0. The maximum atomic E-state index is 10.9. The summed E-state index contributed by atoms with van der Waals surface area (Å²) in [5.41, 5.74) is 2.30. The molecule has 2 heteroatoms. The Morgan fingerprint density at radius 1 is 1.05 bits per heavy atom. The van der Waals surface area contributed by atoms with Crippen LogP contribution in [-0.4, -0.2) is 5.11 Å². The summed E-state index contributed by atoms with van der Waals surface area (Å²) in [5, 5.41) is 10.9. The molecule has 1 atom stereocenters. The van der Waals surface area contributed by atoms with Gasteiger partial charge in [0.25, 0.3) is 0 Å². The topological polar surface area (TPSA) is 20.2 Å². The largest absolute Gasteiger partial charge is 0.381 e. The van der Waals surface area contributed by atoms with E-state index in [9.17, 15) is 5.11 Å². The van der Waals surface area contributed by atoms with Crippen molar-refractivity contribution in [1.29, 1.82) is 0 Å². The van der Waals surface area contributed by atoms with Crippen LogP contribution in [0.2, 0.25) is 0 Å². The minimum Gasteiger partial charge on any atom is -0.381 e. The first-order valence-corrected chi connectivity index (χ1v) is 7.95. The standard InChI is InChI=1S/C18H19BrO/c1-18(20,16-6-3-7-17(19)12-16)15-10-8-14(9-11-15)13-4-2-5-13/h3,6-13,20H,2,4-5H2,1H3. The molecule has 1 unspecified atom stereocenters. The van der Waals surface area contributed by atoms with Gasteiger partial charge in [-0.1, -0.05) is 58.7 Å². The van der Waals surface area contributed by atoms with Crippen LogP contribution in [0.3, 0.4) is 0 Å². The molecule has 2 aromatic rings. The molecule has 0 spiro atoms. The molecule has 0 radical (unpaired) electrons. The van der Waals surface area contributed by atoms with Gasteiger partial charge in [-0.05, 0) is 54.5 Å². The molecule has 0 aliphatic heterocycles. The third kappa shape index (κ3) is 2.55. The maximum Gasteiger partial charge on any atom is 0.112 e. The molecule has 1 N–H and O–H groups in total. The van der Waals surface area contributed by atoms with E-state index >= 15 is 0 Å². The molecule has 3 rings (SSSR count). The average molecular weight is 331 g/mol. The number of rotatable bonds is 3. The minimum atomic E-state index is -0.956. The second-order valence-electron chi connectivity index (χ2n) is 5.83. The lowest BCUT2D eigenvalue weighted by Gasteiger charge is -2.28.